The highest BCUT2D eigenvalue weighted by Gasteiger charge is 2.30. The van der Waals surface area contributed by atoms with Gasteiger partial charge in [0.1, 0.15) is 0 Å². The molecule has 0 aromatic heterocycles. The molecule has 0 bridgehead atoms. The van der Waals surface area contributed by atoms with Gasteiger partial charge in [-0.15, -0.1) is 0 Å². The Kier molecular flexibility index (Phi) is 5.19. The monoisotopic (exact) mass is 256 g/mol. The Morgan fingerprint density at radius 3 is 2.71 bits per heavy atom. The summed E-state index contributed by atoms with van der Waals surface area (Å²) in [6.07, 6.45) is 8.42. The van der Waals surface area contributed by atoms with Crippen molar-refractivity contribution in [3.8, 4) is 0 Å². The Labute approximate surface area is 111 Å². The van der Waals surface area contributed by atoms with Gasteiger partial charge in [0.2, 0.25) is 0 Å². The molecular formula is C14H28N2S. The highest BCUT2D eigenvalue weighted by atomic mass is 32.2. The average molecular weight is 256 g/mol. The van der Waals surface area contributed by atoms with Gasteiger partial charge in [-0.1, -0.05) is 26.2 Å². The minimum atomic E-state index is 0.464. The lowest BCUT2D eigenvalue weighted by atomic mass is 9.79. The molecule has 1 saturated carbocycles. The Hall–Kier alpha value is 0.270. The van der Waals surface area contributed by atoms with E-state index >= 15 is 0 Å². The zero-order valence-corrected chi connectivity index (χ0v) is 12.3. The summed E-state index contributed by atoms with van der Waals surface area (Å²) in [5.41, 5.74) is 0.464. The van der Waals surface area contributed by atoms with E-state index in [2.05, 4.69) is 35.9 Å². The summed E-state index contributed by atoms with van der Waals surface area (Å²) >= 11 is 2.13. The van der Waals surface area contributed by atoms with Crippen LogP contribution in [0.15, 0.2) is 0 Å². The normalized spacial score (nSPS) is 30.4. The van der Waals surface area contributed by atoms with Crippen LogP contribution in [0.4, 0.5) is 0 Å². The average Bonchev–Trinajstić information content (AvgIpc) is 2.38. The summed E-state index contributed by atoms with van der Waals surface area (Å²) in [5.74, 6) is 1.33. The Bertz CT molecular complexity index is 226. The van der Waals surface area contributed by atoms with Gasteiger partial charge in [-0.25, -0.2) is 0 Å². The fraction of sp³-hybridized carbons (Fsp3) is 1.00. The van der Waals surface area contributed by atoms with E-state index in [1.807, 2.05) is 0 Å². The molecule has 0 aromatic rings. The lowest BCUT2D eigenvalue weighted by Crippen LogP contribution is -2.48. The van der Waals surface area contributed by atoms with Gasteiger partial charge in [0.25, 0.3) is 0 Å². The zero-order valence-electron chi connectivity index (χ0n) is 11.5. The number of thioether (sulfide) groups is 1. The number of rotatable bonds is 4. The molecule has 1 aliphatic carbocycles. The number of hydrogen-bond donors (Lipinski definition) is 1. The Balaban J connectivity index is 1.78. The Morgan fingerprint density at radius 2 is 2.06 bits per heavy atom. The van der Waals surface area contributed by atoms with Crippen molar-refractivity contribution in [2.45, 2.75) is 56.2 Å². The molecule has 1 unspecified atom stereocenters. The van der Waals surface area contributed by atoms with Crippen molar-refractivity contribution in [3.05, 3.63) is 0 Å². The predicted molar refractivity (Wildman–Crippen MR) is 77.9 cm³/mol. The van der Waals surface area contributed by atoms with Crippen molar-refractivity contribution in [2.75, 3.05) is 32.4 Å². The number of nitrogens with zero attached hydrogens (tertiary/aromatic N) is 1. The maximum atomic E-state index is 3.64. The third-order valence-corrected chi connectivity index (χ3v) is 5.71. The molecule has 1 N–H and O–H groups in total. The van der Waals surface area contributed by atoms with Crippen LogP contribution in [-0.4, -0.2) is 48.1 Å². The van der Waals surface area contributed by atoms with E-state index in [9.17, 15) is 0 Å². The van der Waals surface area contributed by atoms with Crippen LogP contribution in [0, 0.1) is 0 Å². The smallest absolute Gasteiger partial charge is 0.0190 e. The van der Waals surface area contributed by atoms with Gasteiger partial charge in [0.05, 0.1) is 0 Å². The molecular weight excluding hydrogens is 228 g/mol. The SMILES string of the molecule is CNC1(CCN2CCSC(C)C2)CCCCC1. The molecule has 17 heavy (non-hydrogen) atoms. The summed E-state index contributed by atoms with van der Waals surface area (Å²) in [7, 11) is 2.17. The molecule has 1 aliphatic heterocycles. The minimum absolute atomic E-state index is 0.464. The van der Waals surface area contributed by atoms with Crippen LogP contribution in [-0.2, 0) is 0 Å². The molecule has 2 fully saturated rings. The fourth-order valence-corrected chi connectivity index (χ4v) is 4.40. The first-order valence-corrected chi connectivity index (χ1v) is 8.32. The first kappa shape index (κ1) is 13.7. The first-order chi connectivity index (χ1) is 8.24. The van der Waals surface area contributed by atoms with Gasteiger partial charge in [0.15, 0.2) is 0 Å². The highest BCUT2D eigenvalue weighted by Crippen LogP contribution is 2.31. The maximum Gasteiger partial charge on any atom is 0.0190 e. The van der Waals surface area contributed by atoms with Crippen LogP contribution >= 0.6 is 11.8 Å². The van der Waals surface area contributed by atoms with Gasteiger partial charge in [0, 0.05) is 29.6 Å². The maximum absolute atomic E-state index is 3.64. The van der Waals surface area contributed by atoms with E-state index in [4.69, 9.17) is 0 Å². The van der Waals surface area contributed by atoms with Gasteiger partial charge in [-0.2, -0.15) is 11.8 Å². The molecule has 1 saturated heterocycles. The van der Waals surface area contributed by atoms with E-state index in [1.165, 1.54) is 63.9 Å². The molecule has 1 atom stereocenters. The number of nitrogens with one attached hydrogen (secondary N) is 1. The molecule has 1 heterocycles. The van der Waals surface area contributed by atoms with Crippen LogP contribution in [0.5, 0.6) is 0 Å². The first-order valence-electron chi connectivity index (χ1n) is 7.27. The van der Waals surface area contributed by atoms with Crippen LogP contribution in [0.2, 0.25) is 0 Å². The summed E-state index contributed by atoms with van der Waals surface area (Å²) in [6.45, 7) is 6.26. The van der Waals surface area contributed by atoms with E-state index < -0.39 is 0 Å². The summed E-state index contributed by atoms with van der Waals surface area (Å²) in [5, 5.41) is 4.47. The van der Waals surface area contributed by atoms with Crippen molar-refractivity contribution < 1.29 is 0 Å². The van der Waals surface area contributed by atoms with Crippen molar-refractivity contribution >= 4 is 11.8 Å². The molecule has 0 radical (unpaired) electrons. The van der Waals surface area contributed by atoms with Crippen LogP contribution in [0.25, 0.3) is 0 Å². The van der Waals surface area contributed by atoms with Crippen molar-refractivity contribution in [2.24, 2.45) is 0 Å². The van der Waals surface area contributed by atoms with Crippen LogP contribution < -0.4 is 5.32 Å². The predicted octanol–water partition coefficient (Wildman–Crippen LogP) is 2.74. The third-order valence-electron chi connectivity index (χ3n) is 4.57. The van der Waals surface area contributed by atoms with Crippen molar-refractivity contribution in [1.29, 1.82) is 0 Å². The van der Waals surface area contributed by atoms with E-state index in [1.54, 1.807) is 0 Å². The standard InChI is InChI=1S/C14H28N2S/c1-13-12-16(10-11-17-13)9-8-14(15-2)6-4-3-5-7-14/h13,15H,3-12H2,1-2H3. The van der Waals surface area contributed by atoms with Gasteiger partial charge >= 0.3 is 0 Å². The van der Waals surface area contributed by atoms with E-state index in [0.29, 0.717) is 5.54 Å². The van der Waals surface area contributed by atoms with Gasteiger partial charge in [-0.05, 0) is 32.9 Å². The zero-order chi connectivity index (χ0) is 12.1. The molecule has 100 valence electrons. The molecule has 0 aromatic carbocycles. The second kappa shape index (κ2) is 6.44. The molecule has 0 spiro atoms. The van der Waals surface area contributed by atoms with E-state index in [0.717, 1.165) is 5.25 Å². The minimum Gasteiger partial charge on any atom is -0.314 e. The molecule has 0 amide bonds. The largest absolute Gasteiger partial charge is 0.314 e. The second-order valence-electron chi connectivity index (χ2n) is 5.82. The molecule has 3 heteroatoms. The van der Waals surface area contributed by atoms with Crippen molar-refractivity contribution in [1.82, 2.24) is 10.2 Å². The lowest BCUT2D eigenvalue weighted by molar-refractivity contribution is 0.185. The summed E-state index contributed by atoms with van der Waals surface area (Å²) in [6, 6.07) is 0. The lowest BCUT2D eigenvalue weighted by Gasteiger charge is -2.40. The quantitative estimate of drug-likeness (QED) is 0.832. The van der Waals surface area contributed by atoms with Crippen LogP contribution in [0.1, 0.15) is 45.4 Å². The fourth-order valence-electron chi connectivity index (χ4n) is 3.32. The van der Waals surface area contributed by atoms with E-state index in [-0.39, 0.29) is 0 Å². The topological polar surface area (TPSA) is 15.3 Å². The molecule has 2 aliphatic rings. The molecule has 2 rings (SSSR count). The summed E-state index contributed by atoms with van der Waals surface area (Å²) in [4.78, 5) is 2.68. The highest BCUT2D eigenvalue weighted by molar-refractivity contribution is 7.99. The Morgan fingerprint density at radius 1 is 1.29 bits per heavy atom. The molecule has 2 nitrogen and oxygen atoms in total. The number of hydrogen-bond acceptors (Lipinski definition) is 3. The van der Waals surface area contributed by atoms with Crippen LogP contribution in [0.3, 0.4) is 0 Å². The van der Waals surface area contributed by atoms with Gasteiger partial charge < -0.3 is 10.2 Å². The van der Waals surface area contributed by atoms with Gasteiger partial charge in [-0.3, -0.25) is 0 Å². The third kappa shape index (κ3) is 3.87. The van der Waals surface area contributed by atoms with Crippen molar-refractivity contribution in [3.63, 3.8) is 0 Å². The summed E-state index contributed by atoms with van der Waals surface area (Å²) < 4.78 is 0. The second-order valence-corrected chi connectivity index (χ2v) is 7.37.